The molecule has 154 valence electrons. The Morgan fingerprint density at radius 1 is 1.00 bits per heavy atom. The summed E-state index contributed by atoms with van der Waals surface area (Å²) in [4.78, 5) is 12.5. The zero-order valence-corrected chi connectivity index (χ0v) is 17.8. The van der Waals surface area contributed by atoms with Gasteiger partial charge >= 0.3 is 0 Å². The third-order valence-electron chi connectivity index (χ3n) is 4.22. The van der Waals surface area contributed by atoms with Crippen molar-refractivity contribution >= 4 is 39.4 Å². The second-order valence-corrected chi connectivity index (χ2v) is 8.75. The van der Waals surface area contributed by atoms with Gasteiger partial charge in [-0.15, -0.1) is 0 Å². The first kappa shape index (κ1) is 21.5. The average Bonchev–Trinajstić information content (AvgIpc) is 2.75. The monoisotopic (exact) mass is 441 g/mol. The summed E-state index contributed by atoms with van der Waals surface area (Å²) in [6, 6.07) is 21.9. The van der Waals surface area contributed by atoms with E-state index in [2.05, 4.69) is 10.5 Å². The van der Waals surface area contributed by atoms with Gasteiger partial charge in [-0.1, -0.05) is 71.8 Å². The van der Waals surface area contributed by atoms with E-state index in [4.69, 9.17) is 11.6 Å². The van der Waals surface area contributed by atoms with Gasteiger partial charge in [-0.25, -0.2) is 13.8 Å². The summed E-state index contributed by atoms with van der Waals surface area (Å²) in [5.41, 5.74) is 4.49. The molecule has 0 spiro atoms. The van der Waals surface area contributed by atoms with Crippen molar-refractivity contribution < 1.29 is 13.2 Å². The van der Waals surface area contributed by atoms with E-state index in [9.17, 15) is 13.2 Å². The van der Waals surface area contributed by atoms with Crippen LogP contribution in [0.4, 0.5) is 5.69 Å². The van der Waals surface area contributed by atoms with E-state index in [1.165, 1.54) is 18.3 Å². The first-order valence-electron chi connectivity index (χ1n) is 9.09. The van der Waals surface area contributed by atoms with Crippen LogP contribution in [-0.2, 0) is 14.8 Å². The van der Waals surface area contributed by atoms with Crippen LogP contribution in [0.15, 0.2) is 88.9 Å². The van der Waals surface area contributed by atoms with Gasteiger partial charge in [0.1, 0.15) is 6.54 Å². The maximum absolute atomic E-state index is 13.2. The molecule has 0 fully saturated rings. The minimum absolute atomic E-state index is 0.0564. The lowest BCUT2D eigenvalue weighted by molar-refractivity contribution is -0.119. The van der Waals surface area contributed by atoms with Crippen molar-refractivity contribution in [1.82, 2.24) is 5.43 Å². The Morgan fingerprint density at radius 2 is 1.63 bits per heavy atom. The van der Waals surface area contributed by atoms with E-state index in [1.54, 1.807) is 42.5 Å². The average molecular weight is 442 g/mol. The first-order chi connectivity index (χ1) is 14.4. The van der Waals surface area contributed by atoms with Gasteiger partial charge in [0, 0.05) is 0 Å². The van der Waals surface area contributed by atoms with Crippen molar-refractivity contribution in [3.05, 3.63) is 95.0 Å². The molecule has 3 aromatic carbocycles. The number of halogens is 1. The molecule has 0 atom stereocenters. The number of rotatable bonds is 7. The normalized spacial score (nSPS) is 11.4. The predicted octanol–water partition coefficient (Wildman–Crippen LogP) is 3.99. The summed E-state index contributed by atoms with van der Waals surface area (Å²) >= 11 is 6.23. The number of hydrogen-bond acceptors (Lipinski definition) is 4. The molecule has 0 heterocycles. The maximum atomic E-state index is 13.2. The van der Waals surface area contributed by atoms with E-state index in [0.717, 1.165) is 15.4 Å². The fourth-order valence-electron chi connectivity index (χ4n) is 2.67. The molecule has 0 saturated carbocycles. The van der Waals surface area contributed by atoms with Crippen LogP contribution in [0, 0.1) is 6.92 Å². The van der Waals surface area contributed by atoms with Crippen LogP contribution >= 0.6 is 11.6 Å². The number of hydrogen-bond donors (Lipinski definition) is 1. The van der Waals surface area contributed by atoms with Gasteiger partial charge in [-0.2, -0.15) is 5.10 Å². The number of sulfonamides is 1. The fourth-order valence-corrected chi connectivity index (χ4v) is 4.42. The highest BCUT2D eigenvalue weighted by Gasteiger charge is 2.28. The molecule has 30 heavy (non-hydrogen) atoms. The molecule has 8 heteroatoms. The van der Waals surface area contributed by atoms with Crippen LogP contribution in [0.1, 0.15) is 11.1 Å². The lowest BCUT2D eigenvalue weighted by Gasteiger charge is -2.24. The van der Waals surface area contributed by atoms with Crippen molar-refractivity contribution in [2.75, 3.05) is 10.8 Å². The number of amides is 1. The molecule has 3 rings (SSSR count). The number of benzene rings is 3. The van der Waals surface area contributed by atoms with E-state index >= 15 is 0 Å². The van der Waals surface area contributed by atoms with Crippen LogP contribution in [0.5, 0.6) is 0 Å². The zero-order valence-electron chi connectivity index (χ0n) is 16.2. The number of nitrogens with one attached hydrogen (secondary N) is 1. The van der Waals surface area contributed by atoms with Crippen LogP contribution in [0.3, 0.4) is 0 Å². The Balaban J connectivity index is 1.83. The molecule has 0 aliphatic heterocycles. The van der Waals surface area contributed by atoms with E-state index in [-0.39, 0.29) is 15.6 Å². The number of para-hydroxylation sites is 1. The quantitative estimate of drug-likeness (QED) is 0.444. The lowest BCUT2D eigenvalue weighted by Crippen LogP contribution is -2.39. The molecular formula is C22H20ClN3O3S. The molecule has 1 amide bonds. The molecule has 6 nitrogen and oxygen atoms in total. The summed E-state index contributed by atoms with van der Waals surface area (Å²) in [7, 11) is -4.02. The Labute approximate surface area is 180 Å². The van der Waals surface area contributed by atoms with Crippen molar-refractivity contribution in [2.24, 2.45) is 5.10 Å². The molecule has 1 N–H and O–H groups in total. The second kappa shape index (κ2) is 9.56. The number of anilines is 1. The van der Waals surface area contributed by atoms with Gasteiger partial charge in [-0.05, 0) is 36.8 Å². The molecule has 0 radical (unpaired) electrons. The van der Waals surface area contributed by atoms with Gasteiger partial charge in [0.15, 0.2) is 0 Å². The number of carbonyl (C=O) groups excluding carboxylic acids is 1. The fraction of sp³-hybridized carbons (Fsp3) is 0.0909. The number of nitrogens with zero attached hydrogens (tertiary/aromatic N) is 2. The topological polar surface area (TPSA) is 78.8 Å². The molecule has 0 aromatic heterocycles. The Kier molecular flexibility index (Phi) is 6.87. The lowest BCUT2D eigenvalue weighted by atomic mass is 10.2. The summed E-state index contributed by atoms with van der Waals surface area (Å²) in [5.74, 6) is -0.599. The molecule has 3 aromatic rings. The molecule has 0 unspecified atom stereocenters. The highest BCUT2D eigenvalue weighted by atomic mass is 35.5. The summed E-state index contributed by atoms with van der Waals surface area (Å²) < 4.78 is 27.4. The summed E-state index contributed by atoms with van der Waals surface area (Å²) in [6.07, 6.45) is 1.49. The van der Waals surface area contributed by atoms with Crippen LogP contribution in [-0.4, -0.2) is 27.1 Å². The van der Waals surface area contributed by atoms with E-state index < -0.39 is 22.5 Å². The third-order valence-corrected chi connectivity index (χ3v) is 6.31. The highest BCUT2D eigenvalue weighted by molar-refractivity contribution is 7.92. The highest BCUT2D eigenvalue weighted by Crippen LogP contribution is 2.30. The molecule has 0 saturated heterocycles. The smallest absolute Gasteiger partial charge is 0.264 e. The van der Waals surface area contributed by atoms with Gasteiger partial charge in [-0.3, -0.25) is 9.10 Å². The van der Waals surface area contributed by atoms with Gasteiger partial charge in [0.2, 0.25) is 0 Å². The van der Waals surface area contributed by atoms with Crippen LogP contribution in [0.2, 0.25) is 5.02 Å². The number of hydrazone groups is 1. The van der Waals surface area contributed by atoms with E-state index in [0.29, 0.717) is 0 Å². The van der Waals surface area contributed by atoms with Crippen LogP contribution < -0.4 is 9.73 Å². The SMILES string of the molecule is Cc1ccc(/C=N\NC(=O)CN(c2ccccc2Cl)S(=O)(=O)c2ccccc2)cc1. The Hall–Kier alpha value is -3.16. The summed E-state index contributed by atoms with van der Waals surface area (Å²) in [5, 5.41) is 4.13. The first-order valence-corrected chi connectivity index (χ1v) is 10.9. The van der Waals surface area contributed by atoms with Crippen molar-refractivity contribution in [1.29, 1.82) is 0 Å². The zero-order chi connectivity index (χ0) is 21.6. The minimum Gasteiger partial charge on any atom is -0.271 e. The largest absolute Gasteiger partial charge is 0.271 e. The van der Waals surface area contributed by atoms with E-state index in [1.807, 2.05) is 31.2 Å². The van der Waals surface area contributed by atoms with Gasteiger partial charge < -0.3 is 0 Å². The predicted molar refractivity (Wildman–Crippen MR) is 119 cm³/mol. The number of carbonyl (C=O) groups is 1. The Morgan fingerprint density at radius 3 is 2.30 bits per heavy atom. The van der Waals surface area contributed by atoms with Crippen molar-refractivity contribution in [3.63, 3.8) is 0 Å². The summed E-state index contributed by atoms with van der Waals surface area (Å²) in [6.45, 7) is 1.49. The number of aryl methyl sites for hydroxylation is 1. The maximum Gasteiger partial charge on any atom is 0.264 e. The van der Waals surface area contributed by atoms with Crippen molar-refractivity contribution in [3.8, 4) is 0 Å². The second-order valence-electron chi connectivity index (χ2n) is 6.48. The minimum atomic E-state index is -4.02. The Bertz CT molecular complexity index is 1150. The van der Waals surface area contributed by atoms with Gasteiger partial charge in [0.05, 0.1) is 21.8 Å². The van der Waals surface area contributed by atoms with Gasteiger partial charge in [0.25, 0.3) is 15.9 Å². The molecule has 0 aliphatic rings. The molecule has 0 bridgehead atoms. The van der Waals surface area contributed by atoms with Crippen molar-refractivity contribution in [2.45, 2.75) is 11.8 Å². The standard InChI is InChI=1S/C22H20ClN3O3S/c1-17-11-13-18(14-12-17)15-24-25-22(27)16-26(21-10-6-5-9-20(21)23)30(28,29)19-7-3-2-4-8-19/h2-15H,16H2,1H3,(H,25,27)/b24-15-. The molecule has 0 aliphatic carbocycles. The molecular weight excluding hydrogens is 422 g/mol. The van der Waals surface area contributed by atoms with Crippen LogP contribution in [0.25, 0.3) is 0 Å². The third kappa shape index (κ3) is 5.25.